The van der Waals surface area contributed by atoms with Crippen molar-refractivity contribution in [2.45, 2.75) is 13.3 Å². The largest absolute Gasteiger partial charge is 0.382 e. The van der Waals surface area contributed by atoms with Gasteiger partial charge >= 0.3 is 0 Å². The van der Waals surface area contributed by atoms with Crippen LogP contribution in [0.1, 0.15) is 22.8 Å². The number of nitrogens with one attached hydrogen (secondary N) is 2. The Morgan fingerprint density at radius 3 is 2.86 bits per heavy atom. The minimum absolute atomic E-state index is 0.0462. The number of benzene rings is 2. The van der Waals surface area contributed by atoms with Gasteiger partial charge in [0.25, 0.3) is 11.8 Å². The van der Waals surface area contributed by atoms with Gasteiger partial charge in [0.15, 0.2) is 5.82 Å². The third kappa shape index (κ3) is 3.62. The quantitative estimate of drug-likeness (QED) is 0.599. The molecule has 7 nitrogen and oxygen atoms in total. The van der Waals surface area contributed by atoms with E-state index < -0.39 is 0 Å². The van der Waals surface area contributed by atoms with E-state index in [0.29, 0.717) is 29.2 Å². The third-order valence-electron chi connectivity index (χ3n) is 4.84. The van der Waals surface area contributed by atoms with Crippen LogP contribution in [0.3, 0.4) is 0 Å². The fourth-order valence-electron chi connectivity index (χ4n) is 3.30. The van der Waals surface area contributed by atoms with Gasteiger partial charge in [-0.2, -0.15) is 5.10 Å². The molecule has 0 spiro atoms. The molecule has 1 aliphatic heterocycles. The van der Waals surface area contributed by atoms with Gasteiger partial charge in [0.1, 0.15) is 0 Å². The van der Waals surface area contributed by atoms with Crippen molar-refractivity contribution in [3.05, 3.63) is 71.9 Å². The van der Waals surface area contributed by atoms with Crippen LogP contribution in [0, 0.1) is 0 Å². The average molecular weight is 387 g/mol. The lowest BCUT2D eigenvalue weighted by Gasteiger charge is -2.17. The molecule has 4 N–H and O–H groups in total. The SMILES string of the molecule is C=C(C)C(=O)Nc1cccc(-n2cc(-c3ccc4c(c3)CCNC4=O)c(N)n2)c1. The fraction of sp³-hybridized carbons (Fsp3) is 0.136. The van der Waals surface area contributed by atoms with Gasteiger partial charge in [-0.3, -0.25) is 9.59 Å². The van der Waals surface area contributed by atoms with E-state index in [1.165, 1.54) is 0 Å². The molecule has 0 saturated carbocycles. The predicted octanol–water partition coefficient (Wildman–Crippen LogP) is 2.92. The third-order valence-corrected chi connectivity index (χ3v) is 4.84. The number of fused-ring (bicyclic) bond motifs is 1. The summed E-state index contributed by atoms with van der Waals surface area (Å²) in [4.78, 5) is 23.8. The number of nitrogens with zero attached hydrogens (tertiary/aromatic N) is 2. The first-order valence-corrected chi connectivity index (χ1v) is 9.26. The molecular formula is C22H21N5O2. The molecule has 2 amide bonds. The number of hydrogen-bond acceptors (Lipinski definition) is 4. The van der Waals surface area contributed by atoms with Crippen molar-refractivity contribution < 1.29 is 9.59 Å². The summed E-state index contributed by atoms with van der Waals surface area (Å²) in [5.74, 6) is 0.109. The number of nitrogens with two attached hydrogens (primary N) is 1. The minimum Gasteiger partial charge on any atom is -0.382 e. The summed E-state index contributed by atoms with van der Waals surface area (Å²) < 4.78 is 1.67. The van der Waals surface area contributed by atoms with Crippen molar-refractivity contribution >= 4 is 23.3 Å². The lowest BCUT2D eigenvalue weighted by Crippen LogP contribution is -2.31. The molecule has 0 aliphatic carbocycles. The highest BCUT2D eigenvalue weighted by atomic mass is 16.2. The van der Waals surface area contributed by atoms with Gasteiger partial charge in [-0.25, -0.2) is 4.68 Å². The van der Waals surface area contributed by atoms with Crippen LogP contribution in [0.5, 0.6) is 0 Å². The molecule has 2 heterocycles. The van der Waals surface area contributed by atoms with Crippen molar-refractivity contribution in [2.24, 2.45) is 0 Å². The highest BCUT2D eigenvalue weighted by molar-refractivity contribution is 6.03. The molecule has 0 saturated heterocycles. The Labute approximate surface area is 168 Å². The number of carbonyl (C=O) groups is 2. The summed E-state index contributed by atoms with van der Waals surface area (Å²) in [6.45, 7) is 5.93. The Kier molecular flexibility index (Phi) is 4.64. The monoisotopic (exact) mass is 387 g/mol. The van der Waals surface area contributed by atoms with E-state index in [0.717, 1.165) is 28.8 Å². The number of anilines is 2. The molecule has 3 aromatic rings. The van der Waals surface area contributed by atoms with Crippen LogP contribution in [-0.2, 0) is 11.2 Å². The van der Waals surface area contributed by atoms with Crippen LogP contribution in [0.4, 0.5) is 11.5 Å². The second-order valence-corrected chi connectivity index (χ2v) is 7.04. The smallest absolute Gasteiger partial charge is 0.251 e. The minimum atomic E-state index is -0.235. The van der Waals surface area contributed by atoms with E-state index in [1.54, 1.807) is 17.7 Å². The van der Waals surface area contributed by atoms with Crippen LogP contribution in [-0.4, -0.2) is 28.1 Å². The topological polar surface area (TPSA) is 102 Å². The Hall–Kier alpha value is -3.87. The number of amides is 2. The second kappa shape index (κ2) is 7.27. The van der Waals surface area contributed by atoms with Gasteiger partial charge in [-0.1, -0.05) is 24.8 Å². The molecular weight excluding hydrogens is 366 g/mol. The van der Waals surface area contributed by atoms with Gasteiger partial charge in [0.05, 0.1) is 5.69 Å². The molecule has 0 radical (unpaired) electrons. The molecule has 7 heteroatoms. The van der Waals surface area contributed by atoms with Crippen LogP contribution in [0.15, 0.2) is 60.8 Å². The van der Waals surface area contributed by atoms with E-state index in [-0.39, 0.29) is 11.8 Å². The lowest BCUT2D eigenvalue weighted by atomic mass is 9.96. The molecule has 0 bridgehead atoms. The zero-order valence-electron chi connectivity index (χ0n) is 16.0. The van der Waals surface area contributed by atoms with Gasteiger partial charge in [0.2, 0.25) is 0 Å². The fourth-order valence-corrected chi connectivity index (χ4v) is 3.30. The normalized spacial score (nSPS) is 12.8. The summed E-state index contributed by atoms with van der Waals surface area (Å²) >= 11 is 0. The average Bonchev–Trinajstić information content (AvgIpc) is 3.10. The Balaban J connectivity index is 1.66. The number of rotatable bonds is 4. The maximum Gasteiger partial charge on any atom is 0.251 e. The maximum atomic E-state index is 12.0. The zero-order valence-corrected chi connectivity index (χ0v) is 16.0. The lowest BCUT2D eigenvalue weighted by molar-refractivity contribution is -0.112. The van der Waals surface area contributed by atoms with Crippen LogP contribution in [0.25, 0.3) is 16.8 Å². The van der Waals surface area contributed by atoms with Crippen LogP contribution in [0.2, 0.25) is 0 Å². The Morgan fingerprint density at radius 2 is 2.07 bits per heavy atom. The first kappa shape index (κ1) is 18.5. The Bertz CT molecular complexity index is 1150. The molecule has 1 aliphatic rings. The summed E-state index contributed by atoms with van der Waals surface area (Å²) in [6.07, 6.45) is 2.63. The van der Waals surface area contributed by atoms with Crippen molar-refractivity contribution in [1.82, 2.24) is 15.1 Å². The first-order valence-electron chi connectivity index (χ1n) is 9.26. The van der Waals surface area contributed by atoms with E-state index in [9.17, 15) is 9.59 Å². The van der Waals surface area contributed by atoms with Crippen LogP contribution < -0.4 is 16.4 Å². The van der Waals surface area contributed by atoms with E-state index >= 15 is 0 Å². The van der Waals surface area contributed by atoms with Crippen molar-refractivity contribution in [3.8, 4) is 16.8 Å². The van der Waals surface area contributed by atoms with Crippen molar-refractivity contribution in [3.63, 3.8) is 0 Å². The molecule has 0 fully saturated rings. The first-order chi connectivity index (χ1) is 13.9. The second-order valence-electron chi connectivity index (χ2n) is 7.04. The Morgan fingerprint density at radius 1 is 1.24 bits per heavy atom. The van der Waals surface area contributed by atoms with E-state index in [4.69, 9.17) is 5.73 Å². The molecule has 146 valence electrons. The van der Waals surface area contributed by atoms with E-state index in [1.807, 2.05) is 42.6 Å². The maximum absolute atomic E-state index is 12.0. The highest BCUT2D eigenvalue weighted by Crippen LogP contribution is 2.29. The van der Waals surface area contributed by atoms with Crippen molar-refractivity contribution in [2.75, 3.05) is 17.6 Å². The summed E-state index contributed by atoms with van der Waals surface area (Å²) in [6, 6.07) is 13.0. The summed E-state index contributed by atoms with van der Waals surface area (Å²) in [5, 5.41) is 10.1. The van der Waals surface area contributed by atoms with Crippen molar-refractivity contribution in [1.29, 1.82) is 0 Å². The molecule has 2 aromatic carbocycles. The molecule has 29 heavy (non-hydrogen) atoms. The standard InChI is InChI=1S/C22H21N5O2/c1-13(2)21(28)25-16-4-3-5-17(11-16)27-12-19(20(23)26-27)14-6-7-18-15(10-14)8-9-24-22(18)29/h3-7,10-12H,1,8-9H2,2H3,(H2,23,26)(H,24,29)(H,25,28). The van der Waals surface area contributed by atoms with Gasteiger partial charge in [0, 0.05) is 35.1 Å². The molecule has 4 rings (SSSR count). The number of hydrogen-bond donors (Lipinski definition) is 3. The van der Waals surface area contributed by atoms with Gasteiger partial charge in [-0.05, 0) is 48.7 Å². The number of carbonyl (C=O) groups excluding carboxylic acids is 2. The highest BCUT2D eigenvalue weighted by Gasteiger charge is 2.18. The van der Waals surface area contributed by atoms with Gasteiger partial charge < -0.3 is 16.4 Å². The van der Waals surface area contributed by atoms with E-state index in [2.05, 4.69) is 22.3 Å². The summed E-state index contributed by atoms with van der Waals surface area (Å²) in [7, 11) is 0. The number of nitrogen functional groups attached to an aromatic ring is 1. The van der Waals surface area contributed by atoms with Gasteiger partial charge in [-0.15, -0.1) is 0 Å². The molecule has 0 unspecified atom stereocenters. The number of aromatic nitrogens is 2. The molecule has 0 atom stereocenters. The predicted molar refractivity (Wildman–Crippen MR) is 113 cm³/mol. The zero-order chi connectivity index (χ0) is 20.5. The summed E-state index contributed by atoms with van der Waals surface area (Å²) in [5.41, 5.74) is 11.4. The van der Waals surface area contributed by atoms with Crippen LogP contribution >= 0.6 is 0 Å². The molecule has 1 aromatic heterocycles.